The number of nitrogens with one attached hydrogen (secondary N) is 2. The molecule has 2 N–H and O–H groups in total. The van der Waals surface area contributed by atoms with Crippen molar-refractivity contribution in [1.82, 2.24) is 20.1 Å². The molecule has 202 valence electrons. The second-order valence-corrected chi connectivity index (χ2v) is 11.2. The van der Waals surface area contributed by atoms with Gasteiger partial charge in [0.15, 0.2) is 0 Å². The Morgan fingerprint density at radius 2 is 1.93 bits per heavy atom. The Kier molecular flexibility index (Phi) is 7.70. The summed E-state index contributed by atoms with van der Waals surface area (Å²) in [6.07, 6.45) is 6.38. The van der Waals surface area contributed by atoms with Gasteiger partial charge in [0, 0.05) is 54.9 Å². The van der Waals surface area contributed by atoms with E-state index in [-0.39, 0.29) is 5.91 Å². The van der Waals surface area contributed by atoms with Crippen molar-refractivity contribution in [2.75, 3.05) is 36.4 Å². The van der Waals surface area contributed by atoms with Gasteiger partial charge in [0.25, 0.3) is 0 Å². The van der Waals surface area contributed by atoms with Crippen LogP contribution in [0.2, 0.25) is 0 Å². The van der Waals surface area contributed by atoms with E-state index >= 15 is 0 Å². The quantitative estimate of drug-likeness (QED) is 0.249. The summed E-state index contributed by atoms with van der Waals surface area (Å²) in [4.78, 5) is 23.0. The fourth-order valence-electron chi connectivity index (χ4n) is 5.12. The predicted molar refractivity (Wildman–Crippen MR) is 165 cm³/mol. The number of pyridine rings is 1. The van der Waals surface area contributed by atoms with Gasteiger partial charge < -0.3 is 10.2 Å². The molecule has 4 heterocycles. The van der Waals surface area contributed by atoms with Crippen LogP contribution in [0.4, 0.5) is 11.5 Å². The molecule has 0 unspecified atom stereocenters. The van der Waals surface area contributed by atoms with E-state index in [0.29, 0.717) is 6.42 Å². The van der Waals surface area contributed by atoms with Crippen LogP contribution in [0, 0.1) is 6.92 Å². The Bertz CT molecular complexity index is 1620. The smallest absolute Gasteiger partial charge is 0.229 e. The zero-order valence-electron chi connectivity index (χ0n) is 22.5. The maximum absolute atomic E-state index is 12.6. The lowest BCUT2D eigenvalue weighted by Gasteiger charge is -2.35. The molecule has 0 atom stereocenters. The number of hydrogen-bond acceptors (Lipinski definition) is 6. The number of piperazine rings is 1. The van der Waals surface area contributed by atoms with E-state index in [9.17, 15) is 4.79 Å². The van der Waals surface area contributed by atoms with E-state index < -0.39 is 0 Å². The number of nitrogens with zero attached hydrogens (tertiary/aromatic N) is 4. The third-order valence-corrected chi connectivity index (χ3v) is 8.14. The zero-order chi connectivity index (χ0) is 27.3. The molecule has 0 bridgehead atoms. The molecule has 40 heavy (non-hydrogen) atoms. The number of anilines is 2. The molecule has 1 aliphatic rings. The molecule has 0 radical (unpaired) electrons. The first-order chi connectivity index (χ1) is 19.6. The SMILES string of the molecule is Cc1cc2[nH]nc(/C=C/c3cccc(CN4CCN(c5ccccn5)CC4)c3)c2cc1NC(=O)Cc1cccs1. The molecule has 5 aromatic rings. The van der Waals surface area contributed by atoms with Gasteiger partial charge in [-0.25, -0.2) is 4.98 Å². The molecule has 0 saturated carbocycles. The lowest BCUT2D eigenvalue weighted by atomic mass is 10.1. The number of aromatic nitrogens is 3. The summed E-state index contributed by atoms with van der Waals surface area (Å²) in [6, 6.07) is 22.8. The van der Waals surface area contributed by atoms with Gasteiger partial charge in [0.1, 0.15) is 5.82 Å². The number of rotatable bonds is 8. The van der Waals surface area contributed by atoms with Gasteiger partial charge in [0.2, 0.25) is 5.91 Å². The minimum Gasteiger partial charge on any atom is -0.354 e. The van der Waals surface area contributed by atoms with Crippen molar-refractivity contribution in [3.63, 3.8) is 0 Å². The van der Waals surface area contributed by atoms with Crippen molar-refractivity contribution in [2.24, 2.45) is 0 Å². The van der Waals surface area contributed by atoms with Crippen molar-refractivity contribution in [2.45, 2.75) is 19.9 Å². The summed E-state index contributed by atoms with van der Waals surface area (Å²) < 4.78 is 0. The lowest BCUT2D eigenvalue weighted by molar-refractivity contribution is -0.115. The molecule has 1 aliphatic heterocycles. The number of fused-ring (bicyclic) bond motifs is 1. The van der Waals surface area contributed by atoms with Crippen LogP contribution in [0.5, 0.6) is 0 Å². The number of aryl methyl sites for hydroxylation is 1. The summed E-state index contributed by atoms with van der Waals surface area (Å²) in [7, 11) is 0. The van der Waals surface area contributed by atoms with E-state index in [1.165, 1.54) is 5.56 Å². The van der Waals surface area contributed by atoms with Crippen molar-refractivity contribution in [3.05, 3.63) is 106 Å². The number of thiophene rings is 1. The fourth-order valence-corrected chi connectivity index (χ4v) is 5.83. The van der Waals surface area contributed by atoms with Crippen LogP contribution in [0.15, 0.2) is 78.3 Å². The van der Waals surface area contributed by atoms with Gasteiger partial charge >= 0.3 is 0 Å². The Morgan fingerprint density at radius 3 is 2.73 bits per heavy atom. The van der Waals surface area contributed by atoms with Gasteiger partial charge in [-0.05, 0) is 65.4 Å². The molecule has 1 fully saturated rings. The Labute approximate surface area is 238 Å². The van der Waals surface area contributed by atoms with E-state index in [4.69, 9.17) is 0 Å². The van der Waals surface area contributed by atoms with Crippen molar-refractivity contribution in [3.8, 4) is 0 Å². The van der Waals surface area contributed by atoms with E-state index in [2.05, 4.69) is 66.7 Å². The first-order valence-electron chi connectivity index (χ1n) is 13.6. The maximum atomic E-state index is 12.6. The molecule has 0 spiro atoms. The first kappa shape index (κ1) is 26.0. The van der Waals surface area contributed by atoms with Crippen LogP contribution < -0.4 is 10.2 Å². The molecule has 6 rings (SSSR count). The number of benzene rings is 2. The molecule has 1 amide bonds. The fraction of sp³-hybridized carbons (Fsp3) is 0.219. The van der Waals surface area contributed by atoms with Crippen molar-refractivity contribution < 1.29 is 4.79 Å². The monoisotopic (exact) mass is 548 g/mol. The van der Waals surface area contributed by atoms with E-state index in [0.717, 1.165) is 76.8 Å². The highest BCUT2D eigenvalue weighted by atomic mass is 32.1. The normalized spacial score (nSPS) is 14.3. The predicted octanol–water partition coefficient (Wildman–Crippen LogP) is 6.00. The van der Waals surface area contributed by atoms with E-state index in [1.54, 1.807) is 11.3 Å². The summed E-state index contributed by atoms with van der Waals surface area (Å²) in [5.41, 5.74) is 6.05. The van der Waals surface area contributed by atoms with Crippen LogP contribution >= 0.6 is 11.3 Å². The highest BCUT2D eigenvalue weighted by molar-refractivity contribution is 7.10. The standard InChI is InChI=1S/C32H32N6OS/c1-23-18-30-27(21-29(23)34-32(39)20-26-8-5-17-40-26)28(35-36-30)11-10-24-6-4-7-25(19-24)22-37-13-15-38(16-14-37)31-9-2-3-12-33-31/h2-12,17-19,21H,13-16,20,22H2,1H3,(H,34,39)(H,35,36)/b11-10+. The van der Waals surface area contributed by atoms with Crippen LogP contribution in [0.25, 0.3) is 23.1 Å². The number of aromatic amines is 1. The minimum absolute atomic E-state index is 0.0135. The number of carbonyl (C=O) groups is 1. The second kappa shape index (κ2) is 11.9. The molecule has 8 heteroatoms. The second-order valence-electron chi connectivity index (χ2n) is 10.2. The molecule has 0 aliphatic carbocycles. The number of amides is 1. The lowest BCUT2D eigenvalue weighted by Crippen LogP contribution is -2.46. The maximum Gasteiger partial charge on any atom is 0.229 e. The highest BCUT2D eigenvalue weighted by Gasteiger charge is 2.18. The van der Waals surface area contributed by atoms with Gasteiger partial charge in [-0.2, -0.15) is 5.10 Å². The Morgan fingerprint density at radius 1 is 1.02 bits per heavy atom. The van der Waals surface area contributed by atoms with Crippen LogP contribution in [0.3, 0.4) is 0 Å². The van der Waals surface area contributed by atoms with E-state index in [1.807, 2.05) is 61.0 Å². The van der Waals surface area contributed by atoms with Crippen molar-refractivity contribution in [1.29, 1.82) is 0 Å². The van der Waals surface area contributed by atoms with Gasteiger partial charge in [-0.1, -0.05) is 42.5 Å². The van der Waals surface area contributed by atoms with Gasteiger partial charge in [0.05, 0.1) is 17.6 Å². The molecular weight excluding hydrogens is 516 g/mol. The summed E-state index contributed by atoms with van der Waals surface area (Å²) in [5, 5.41) is 13.7. The Balaban J connectivity index is 1.11. The summed E-state index contributed by atoms with van der Waals surface area (Å²) in [5.74, 6) is 1.05. The Hall–Kier alpha value is -4.27. The number of hydrogen-bond donors (Lipinski definition) is 2. The molecular formula is C32H32N6OS. The molecule has 3 aromatic heterocycles. The number of carbonyl (C=O) groups excluding carboxylic acids is 1. The zero-order valence-corrected chi connectivity index (χ0v) is 23.3. The third-order valence-electron chi connectivity index (χ3n) is 7.26. The summed E-state index contributed by atoms with van der Waals surface area (Å²) in [6.45, 7) is 6.93. The highest BCUT2D eigenvalue weighted by Crippen LogP contribution is 2.26. The first-order valence-corrected chi connectivity index (χ1v) is 14.4. The average molecular weight is 549 g/mol. The molecule has 2 aromatic carbocycles. The van der Waals surface area contributed by atoms with Gasteiger partial charge in [-0.15, -0.1) is 11.3 Å². The van der Waals surface area contributed by atoms with Crippen LogP contribution in [-0.4, -0.2) is 52.2 Å². The minimum atomic E-state index is -0.0135. The summed E-state index contributed by atoms with van der Waals surface area (Å²) >= 11 is 1.59. The topological polar surface area (TPSA) is 77.2 Å². The van der Waals surface area contributed by atoms with Crippen molar-refractivity contribution >= 4 is 51.8 Å². The van der Waals surface area contributed by atoms with Gasteiger partial charge in [-0.3, -0.25) is 14.8 Å². The molecule has 1 saturated heterocycles. The number of H-pyrrole nitrogens is 1. The van der Waals surface area contributed by atoms with Crippen LogP contribution in [-0.2, 0) is 17.8 Å². The average Bonchev–Trinajstić information content (AvgIpc) is 3.63. The van der Waals surface area contributed by atoms with Crippen LogP contribution in [0.1, 0.15) is 27.3 Å². The third kappa shape index (κ3) is 6.14. The largest absolute Gasteiger partial charge is 0.354 e. The molecule has 7 nitrogen and oxygen atoms in total.